The van der Waals surface area contributed by atoms with Crippen LogP contribution in [0.5, 0.6) is 0 Å². The molecule has 0 radical (unpaired) electrons. The zero-order valence-corrected chi connectivity index (χ0v) is 16.7. The van der Waals surface area contributed by atoms with Crippen molar-refractivity contribution in [1.82, 2.24) is 14.5 Å². The maximum absolute atomic E-state index is 12.3. The largest absolute Gasteiger partial charge is 0.328 e. The number of carbonyl (C=O) groups excluding carboxylic acids is 1. The Morgan fingerprint density at radius 2 is 1.79 bits per heavy atom. The third-order valence-electron chi connectivity index (χ3n) is 5.70. The number of para-hydroxylation sites is 2. The summed E-state index contributed by atoms with van der Waals surface area (Å²) in [5, 5.41) is 3.00. The first-order valence-corrected chi connectivity index (χ1v) is 10.1. The van der Waals surface area contributed by atoms with Crippen LogP contribution in [-0.4, -0.2) is 40.0 Å². The molecule has 0 aliphatic carbocycles. The maximum atomic E-state index is 12.3. The van der Waals surface area contributed by atoms with Gasteiger partial charge in [-0.15, -0.1) is 0 Å². The molecular formula is C23H28N4O. The van der Waals surface area contributed by atoms with Gasteiger partial charge in [-0.2, -0.15) is 0 Å². The molecule has 3 aromatic rings. The SMILES string of the molecule is Cc1ccc(NC(=O)CN2CCC(Cn3c(C)nc4ccccc43)CC2)cc1. The highest BCUT2D eigenvalue weighted by atomic mass is 16.2. The van der Waals surface area contributed by atoms with Gasteiger partial charge in [0.25, 0.3) is 0 Å². The number of likely N-dealkylation sites (tertiary alicyclic amines) is 1. The molecule has 0 spiro atoms. The van der Waals surface area contributed by atoms with Crippen LogP contribution in [0.1, 0.15) is 24.2 Å². The van der Waals surface area contributed by atoms with Crippen LogP contribution in [0.2, 0.25) is 0 Å². The number of piperidine rings is 1. The summed E-state index contributed by atoms with van der Waals surface area (Å²) < 4.78 is 2.35. The Bertz CT molecular complexity index is 952. The minimum Gasteiger partial charge on any atom is -0.328 e. The standard InChI is InChI=1S/C23H28N4O/c1-17-7-9-20(10-8-17)25-23(28)16-26-13-11-19(12-14-26)15-27-18(2)24-21-5-3-4-6-22(21)27/h3-10,19H,11-16H2,1-2H3,(H,25,28). The average molecular weight is 377 g/mol. The monoisotopic (exact) mass is 376 g/mol. The Morgan fingerprint density at radius 1 is 1.07 bits per heavy atom. The molecule has 1 aliphatic rings. The lowest BCUT2D eigenvalue weighted by molar-refractivity contribution is -0.117. The molecule has 0 unspecified atom stereocenters. The van der Waals surface area contributed by atoms with Crippen LogP contribution in [0.25, 0.3) is 11.0 Å². The molecule has 28 heavy (non-hydrogen) atoms. The van der Waals surface area contributed by atoms with Crippen molar-refractivity contribution >= 4 is 22.6 Å². The number of carbonyl (C=O) groups is 1. The van der Waals surface area contributed by atoms with Gasteiger partial charge < -0.3 is 9.88 Å². The van der Waals surface area contributed by atoms with Gasteiger partial charge in [0.1, 0.15) is 5.82 Å². The Balaban J connectivity index is 1.29. The number of nitrogens with zero attached hydrogens (tertiary/aromatic N) is 3. The summed E-state index contributed by atoms with van der Waals surface area (Å²) in [4.78, 5) is 19.3. The Kier molecular flexibility index (Phi) is 5.44. The molecule has 1 aliphatic heterocycles. The van der Waals surface area contributed by atoms with E-state index < -0.39 is 0 Å². The van der Waals surface area contributed by atoms with Crippen molar-refractivity contribution in [2.45, 2.75) is 33.2 Å². The smallest absolute Gasteiger partial charge is 0.238 e. The van der Waals surface area contributed by atoms with Crippen molar-refractivity contribution in [1.29, 1.82) is 0 Å². The predicted molar refractivity (Wildman–Crippen MR) is 113 cm³/mol. The predicted octanol–water partition coefficient (Wildman–Crippen LogP) is 4.00. The molecule has 1 amide bonds. The highest BCUT2D eigenvalue weighted by Crippen LogP contribution is 2.23. The lowest BCUT2D eigenvalue weighted by atomic mass is 9.96. The molecule has 1 N–H and O–H groups in total. The van der Waals surface area contributed by atoms with Crippen molar-refractivity contribution in [2.75, 3.05) is 25.0 Å². The topological polar surface area (TPSA) is 50.2 Å². The van der Waals surface area contributed by atoms with E-state index >= 15 is 0 Å². The fraction of sp³-hybridized carbons (Fsp3) is 0.391. The first kappa shape index (κ1) is 18.7. The van der Waals surface area contributed by atoms with E-state index in [2.05, 4.69) is 44.9 Å². The minimum absolute atomic E-state index is 0.0683. The van der Waals surface area contributed by atoms with Crippen LogP contribution in [0, 0.1) is 19.8 Å². The van der Waals surface area contributed by atoms with Crippen LogP contribution in [0.3, 0.4) is 0 Å². The summed E-state index contributed by atoms with van der Waals surface area (Å²) in [6, 6.07) is 16.3. The molecule has 5 nitrogen and oxygen atoms in total. The number of benzene rings is 2. The lowest BCUT2D eigenvalue weighted by Crippen LogP contribution is -2.40. The number of hydrogen-bond donors (Lipinski definition) is 1. The van der Waals surface area contributed by atoms with Gasteiger partial charge in [0.05, 0.1) is 17.6 Å². The Labute approximate surface area is 166 Å². The van der Waals surface area contributed by atoms with Gasteiger partial charge in [-0.25, -0.2) is 4.98 Å². The van der Waals surface area contributed by atoms with Crippen molar-refractivity contribution in [2.24, 2.45) is 5.92 Å². The van der Waals surface area contributed by atoms with Crippen LogP contribution in [-0.2, 0) is 11.3 Å². The fourth-order valence-electron chi connectivity index (χ4n) is 4.05. The molecule has 0 saturated carbocycles. The molecule has 0 bridgehead atoms. The van der Waals surface area contributed by atoms with Crippen LogP contribution in [0.4, 0.5) is 5.69 Å². The second kappa shape index (κ2) is 8.15. The van der Waals surface area contributed by atoms with E-state index in [9.17, 15) is 4.79 Å². The highest BCUT2D eigenvalue weighted by molar-refractivity contribution is 5.92. The van der Waals surface area contributed by atoms with E-state index in [0.29, 0.717) is 12.5 Å². The number of imidazole rings is 1. The van der Waals surface area contributed by atoms with Crippen molar-refractivity contribution in [3.05, 3.63) is 59.9 Å². The molecule has 0 atom stereocenters. The van der Waals surface area contributed by atoms with Gasteiger partial charge in [0.2, 0.25) is 5.91 Å². The lowest BCUT2D eigenvalue weighted by Gasteiger charge is -2.31. The van der Waals surface area contributed by atoms with E-state index in [-0.39, 0.29) is 5.91 Å². The number of amides is 1. The quantitative estimate of drug-likeness (QED) is 0.732. The van der Waals surface area contributed by atoms with Gasteiger partial charge in [0.15, 0.2) is 0 Å². The van der Waals surface area contributed by atoms with E-state index in [4.69, 9.17) is 0 Å². The molecule has 5 heteroatoms. The molecule has 1 aromatic heterocycles. The zero-order chi connectivity index (χ0) is 19.5. The van der Waals surface area contributed by atoms with Crippen LogP contribution < -0.4 is 5.32 Å². The summed E-state index contributed by atoms with van der Waals surface area (Å²) >= 11 is 0. The summed E-state index contributed by atoms with van der Waals surface area (Å²) in [5.41, 5.74) is 4.36. The summed E-state index contributed by atoms with van der Waals surface area (Å²) in [6.45, 7) is 7.55. The average Bonchev–Trinajstić information content (AvgIpc) is 3.00. The van der Waals surface area contributed by atoms with Gasteiger partial charge >= 0.3 is 0 Å². The second-order valence-corrected chi connectivity index (χ2v) is 7.89. The zero-order valence-electron chi connectivity index (χ0n) is 16.7. The van der Waals surface area contributed by atoms with Crippen LogP contribution in [0.15, 0.2) is 48.5 Å². The molecule has 2 aromatic carbocycles. The Morgan fingerprint density at radius 3 is 2.54 bits per heavy atom. The van der Waals surface area contributed by atoms with Crippen molar-refractivity contribution < 1.29 is 4.79 Å². The molecule has 146 valence electrons. The van der Waals surface area contributed by atoms with Gasteiger partial charge in [-0.1, -0.05) is 29.8 Å². The number of rotatable bonds is 5. The van der Waals surface area contributed by atoms with Crippen molar-refractivity contribution in [3.63, 3.8) is 0 Å². The highest BCUT2D eigenvalue weighted by Gasteiger charge is 2.22. The van der Waals surface area contributed by atoms with Crippen molar-refractivity contribution in [3.8, 4) is 0 Å². The fourth-order valence-corrected chi connectivity index (χ4v) is 4.05. The molecule has 2 heterocycles. The molecule has 1 saturated heterocycles. The summed E-state index contributed by atoms with van der Waals surface area (Å²) in [6.07, 6.45) is 2.23. The van der Waals surface area contributed by atoms with Gasteiger partial charge in [-0.3, -0.25) is 9.69 Å². The first-order valence-electron chi connectivity index (χ1n) is 10.1. The second-order valence-electron chi connectivity index (χ2n) is 7.89. The minimum atomic E-state index is 0.0683. The van der Waals surface area contributed by atoms with E-state index in [0.717, 1.165) is 49.5 Å². The molecule has 1 fully saturated rings. The molecule has 4 rings (SSSR count). The number of fused-ring (bicyclic) bond motifs is 1. The summed E-state index contributed by atoms with van der Waals surface area (Å²) in [7, 11) is 0. The normalized spacial score (nSPS) is 15.8. The number of aryl methyl sites for hydroxylation is 2. The molecular weight excluding hydrogens is 348 g/mol. The summed E-state index contributed by atoms with van der Waals surface area (Å²) in [5.74, 6) is 1.78. The number of aromatic nitrogens is 2. The van der Waals surface area contributed by atoms with Crippen LogP contribution >= 0.6 is 0 Å². The number of anilines is 1. The van der Waals surface area contributed by atoms with E-state index in [1.54, 1.807) is 0 Å². The third-order valence-corrected chi connectivity index (χ3v) is 5.70. The third kappa shape index (κ3) is 4.25. The first-order chi connectivity index (χ1) is 13.6. The maximum Gasteiger partial charge on any atom is 0.238 e. The number of nitrogens with one attached hydrogen (secondary N) is 1. The van der Waals surface area contributed by atoms with Gasteiger partial charge in [-0.05, 0) is 70.0 Å². The number of hydrogen-bond acceptors (Lipinski definition) is 3. The van der Waals surface area contributed by atoms with E-state index in [1.165, 1.54) is 11.1 Å². The Hall–Kier alpha value is -2.66. The van der Waals surface area contributed by atoms with Gasteiger partial charge in [0, 0.05) is 12.2 Å². The van der Waals surface area contributed by atoms with E-state index in [1.807, 2.05) is 37.3 Å².